The molecule has 2 fully saturated rings. The molecule has 130 valence electrons. The van der Waals surface area contributed by atoms with Crippen LogP contribution in [0.5, 0.6) is 0 Å². The Morgan fingerprint density at radius 1 is 1.21 bits per heavy atom. The van der Waals surface area contributed by atoms with Crippen LogP contribution in [0.2, 0.25) is 0 Å². The first kappa shape index (κ1) is 16.8. The van der Waals surface area contributed by atoms with Crippen LogP contribution in [0.25, 0.3) is 0 Å². The molecule has 5 heteroatoms. The molecule has 1 saturated carbocycles. The van der Waals surface area contributed by atoms with Crippen molar-refractivity contribution in [3.8, 4) is 0 Å². The lowest BCUT2D eigenvalue weighted by molar-refractivity contribution is -0.132. The van der Waals surface area contributed by atoms with Crippen molar-refractivity contribution in [2.45, 2.75) is 58.0 Å². The third-order valence-corrected chi connectivity index (χ3v) is 4.97. The van der Waals surface area contributed by atoms with Crippen LogP contribution in [0.1, 0.15) is 54.9 Å². The van der Waals surface area contributed by atoms with Gasteiger partial charge in [0.05, 0.1) is 6.54 Å². The van der Waals surface area contributed by atoms with Crippen LogP contribution >= 0.6 is 0 Å². The van der Waals surface area contributed by atoms with Gasteiger partial charge in [0, 0.05) is 29.9 Å². The first-order chi connectivity index (χ1) is 11.5. The molecule has 1 aliphatic carbocycles. The summed E-state index contributed by atoms with van der Waals surface area (Å²) in [6.45, 7) is 5.23. The first-order valence-electron chi connectivity index (χ1n) is 8.99. The molecule has 1 aromatic rings. The van der Waals surface area contributed by atoms with Gasteiger partial charge in [-0.3, -0.25) is 9.59 Å². The second-order valence-electron chi connectivity index (χ2n) is 7.06. The Morgan fingerprint density at radius 3 is 2.71 bits per heavy atom. The second-order valence-corrected chi connectivity index (χ2v) is 7.06. The van der Waals surface area contributed by atoms with E-state index in [1.165, 1.54) is 6.42 Å². The van der Waals surface area contributed by atoms with Crippen molar-refractivity contribution in [3.63, 3.8) is 0 Å². The average Bonchev–Trinajstić information content (AvgIpc) is 3.38. The highest BCUT2D eigenvalue weighted by molar-refractivity contribution is 5.96. The van der Waals surface area contributed by atoms with Crippen LogP contribution in [-0.4, -0.2) is 41.9 Å². The van der Waals surface area contributed by atoms with Gasteiger partial charge in [0.25, 0.3) is 5.91 Å². The Balaban J connectivity index is 1.61. The van der Waals surface area contributed by atoms with Crippen molar-refractivity contribution >= 4 is 17.5 Å². The van der Waals surface area contributed by atoms with E-state index in [0.717, 1.165) is 43.5 Å². The largest absolute Gasteiger partial charge is 0.376 e. The van der Waals surface area contributed by atoms with E-state index in [1.54, 1.807) is 0 Å². The number of anilines is 1. The number of hydrogen-bond acceptors (Lipinski definition) is 3. The van der Waals surface area contributed by atoms with Crippen molar-refractivity contribution in [3.05, 3.63) is 29.3 Å². The summed E-state index contributed by atoms with van der Waals surface area (Å²) in [4.78, 5) is 26.6. The minimum atomic E-state index is -0.0310. The maximum absolute atomic E-state index is 12.4. The molecule has 2 amide bonds. The smallest absolute Gasteiger partial charge is 0.251 e. The van der Waals surface area contributed by atoms with E-state index in [-0.39, 0.29) is 18.4 Å². The van der Waals surface area contributed by atoms with Crippen LogP contribution in [0.4, 0.5) is 5.69 Å². The molecular weight excluding hydrogens is 302 g/mol. The fraction of sp³-hybridized carbons (Fsp3) is 0.579. The number of carbonyl (C=O) groups excluding carboxylic acids is 2. The van der Waals surface area contributed by atoms with Gasteiger partial charge in [-0.1, -0.05) is 6.07 Å². The summed E-state index contributed by atoms with van der Waals surface area (Å²) in [7, 11) is 0. The van der Waals surface area contributed by atoms with Crippen molar-refractivity contribution in [2.75, 3.05) is 18.4 Å². The molecule has 2 aliphatic rings. The molecule has 1 aromatic carbocycles. The van der Waals surface area contributed by atoms with Crippen molar-refractivity contribution in [2.24, 2.45) is 0 Å². The van der Waals surface area contributed by atoms with Gasteiger partial charge in [0.15, 0.2) is 0 Å². The monoisotopic (exact) mass is 329 g/mol. The summed E-state index contributed by atoms with van der Waals surface area (Å²) in [6.07, 6.45) is 5.53. The zero-order valence-corrected chi connectivity index (χ0v) is 14.6. The van der Waals surface area contributed by atoms with E-state index in [2.05, 4.69) is 17.6 Å². The number of benzene rings is 1. The standard InChI is InChI=1S/C19H27N3O2/c1-13-6-7-15(19(24)21-16-8-9-16)11-17(13)20-12-18(23)22-10-4-3-5-14(22)2/h6-7,11,14,16,20H,3-5,8-10,12H2,1-2H3,(H,21,24). The quantitative estimate of drug-likeness (QED) is 0.873. The normalized spacial score (nSPS) is 20.6. The minimum absolute atomic E-state index is 0.0310. The third-order valence-electron chi connectivity index (χ3n) is 4.97. The van der Waals surface area contributed by atoms with E-state index in [9.17, 15) is 9.59 Å². The summed E-state index contributed by atoms with van der Waals surface area (Å²) in [5, 5.41) is 6.22. The maximum Gasteiger partial charge on any atom is 0.251 e. The summed E-state index contributed by atoms with van der Waals surface area (Å²) < 4.78 is 0. The zero-order chi connectivity index (χ0) is 17.1. The number of nitrogens with zero attached hydrogens (tertiary/aromatic N) is 1. The molecule has 0 aromatic heterocycles. The molecule has 1 aliphatic heterocycles. The molecule has 1 unspecified atom stereocenters. The Kier molecular flexibility index (Phi) is 5.07. The third kappa shape index (κ3) is 4.08. The summed E-state index contributed by atoms with van der Waals surface area (Å²) in [5.74, 6) is 0.103. The van der Waals surface area contributed by atoms with Gasteiger partial charge in [-0.15, -0.1) is 0 Å². The molecule has 2 N–H and O–H groups in total. The summed E-state index contributed by atoms with van der Waals surface area (Å²) in [6, 6.07) is 6.28. The summed E-state index contributed by atoms with van der Waals surface area (Å²) in [5.41, 5.74) is 2.54. The fourth-order valence-electron chi connectivity index (χ4n) is 3.19. The van der Waals surface area contributed by atoms with Crippen LogP contribution in [0, 0.1) is 6.92 Å². The van der Waals surface area contributed by atoms with Gasteiger partial charge in [0.1, 0.15) is 0 Å². The van der Waals surface area contributed by atoms with Crippen molar-refractivity contribution in [1.82, 2.24) is 10.2 Å². The van der Waals surface area contributed by atoms with Gasteiger partial charge >= 0.3 is 0 Å². The van der Waals surface area contributed by atoms with Crippen LogP contribution in [-0.2, 0) is 4.79 Å². The highest BCUT2D eigenvalue weighted by Gasteiger charge is 2.24. The van der Waals surface area contributed by atoms with Crippen LogP contribution < -0.4 is 10.6 Å². The predicted molar refractivity (Wildman–Crippen MR) is 95.2 cm³/mol. The Morgan fingerprint density at radius 2 is 2.00 bits per heavy atom. The van der Waals surface area contributed by atoms with Gasteiger partial charge in [0.2, 0.25) is 5.91 Å². The number of amides is 2. The SMILES string of the molecule is Cc1ccc(C(=O)NC2CC2)cc1NCC(=O)N1CCCCC1C. The Bertz CT molecular complexity index is 625. The van der Waals surface area contributed by atoms with Crippen molar-refractivity contribution < 1.29 is 9.59 Å². The lowest BCUT2D eigenvalue weighted by atomic mass is 10.0. The van der Waals surface area contributed by atoms with E-state index < -0.39 is 0 Å². The number of carbonyl (C=O) groups is 2. The van der Waals surface area contributed by atoms with E-state index in [0.29, 0.717) is 17.6 Å². The van der Waals surface area contributed by atoms with Gasteiger partial charge in [-0.25, -0.2) is 0 Å². The van der Waals surface area contributed by atoms with E-state index in [1.807, 2.05) is 30.0 Å². The number of piperidine rings is 1. The molecule has 3 rings (SSSR count). The Labute approximate surface area is 143 Å². The molecule has 24 heavy (non-hydrogen) atoms. The minimum Gasteiger partial charge on any atom is -0.376 e. The zero-order valence-electron chi connectivity index (χ0n) is 14.6. The molecule has 0 radical (unpaired) electrons. The lowest BCUT2D eigenvalue weighted by Gasteiger charge is -2.33. The number of likely N-dealkylation sites (tertiary alicyclic amines) is 1. The molecule has 1 heterocycles. The van der Waals surface area contributed by atoms with Crippen LogP contribution in [0.15, 0.2) is 18.2 Å². The number of nitrogens with one attached hydrogen (secondary N) is 2. The van der Waals surface area contributed by atoms with E-state index in [4.69, 9.17) is 0 Å². The average molecular weight is 329 g/mol. The second kappa shape index (κ2) is 7.24. The molecule has 0 bridgehead atoms. The Hall–Kier alpha value is -2.04. The maximum atomic E-state index is 12.4. The lowest BCUT2D eigenvalue weighted by Crippen LogP contribution is -2.44. The number of rotatable bonds is 5. The van der Waals surface area contributed by atoms with E-state index >= 15 is 0 Å². The molecule has 0 spiro atoms. The highest BCUT2D eigenvalue weighted by Crippen LogP contribution is 2.22. The number of hydrogen-bond donors (Lipinski definition) is 2. The van der Waals surface area contributed by atoms with Gasteiger partial charge in [-0.05, 0) is 63.6 Å². The van der Waals surface area contributed by atoms with Crippen LogP contribution in [0.3, 0.4) is 0 Å². The van der Waals surface area contributed by atoms with Crippen molar-refractivity contribution in [1.29, 1.82) is 0 Å². The molecular formula is C19H27N3O2. The first-order valence-corrected chi connectivity index (χ1v) is 8.99. The molecule has 1 saturated heterocycles. The molecule has 1 atom stereocenters. The number of aryl methyl sites for hydroxylation is 1. The van der Waals surface area contributed by atoms with Gasteiger partial charge in [-0.2, -0.15) is 0 Å². The summed E-state index contributed by atoms with van der Waals surface area (Å²) >= 11 is 0. The fourth-order valence-corrected chi connectivity index (χ4v) is 3.19. The topological polar surface area (TPSA) is 61.4 Å². The van der Waals surface area contributed by atoms with Gasteiger partial charge < -0.3 is 15.5 Å². The predicted octanol–water partition coefficient (Wildman–Crippen LogP) is 2.70. The highest BCUT2D eigenvalue weighted by atomic mass is 16.2. The molecule has 5 nitrogen and oxygen atoms in total.